The first-order valence-electron chi connectivity index (χ1n) is 4.85. The fourth-order valence-corrected chi connectivity index (χ4v) is 1.82. The minimum absolute atomic E-state index is 0.765. The minimum atomic E-state index is 0.765. The molecule has 0 atom stereocenters. The molecule has 0 N–H and O–H groups in total. The van der Waals surface area contributed by atoms with Crippen molar-refractivity contribution in [2.45, 2.75) is 6.92 Å². The summed E-state index contributed by atoms with van der Waals surface area (Å²) in [4.78, 5) is 8.43. The van der Waals surface area contributed by atoms with Crippen molar-refractivity contribution in [1.82, 2.24) is 9.80 Å². The van der Waals surface area contributed by atoms with Crippen molar-refractivity contribution in [1.29, 1.82) is 0 Å². The van der Waals surface area contributed by atoms with E-state index in [1.165, 1.54) is 0 Å². The lowest BCUT2D eigenvalue weighted by molar-refractivity contribution is 0.350. The summed E-state index contributed by atoms with van der Waals surface area (Å²) in [6.45, 7) is 9.90. The van der Waals surface area contributed by atoms with Gasteiger partial charge < -0.3 is 9.80 Å². The van der Waals surface area contributed by atoms with Crippen molar-refractivity contribution in [3.8, 4) is 0 Å². The second kappa shape index (κ2) is 3.12. The van der Waals surface area contributed by atoms with Crippen LogP contribution < -0.4 is 0 Å². The summed E-state index contributed by atoms with van der Waals surface area (Å²) < 4.78 is 0. The highest BCUT2D eigenvalue weighted by Gasteiger charge is 2.25. The highest BCUT2D eigenvalue weighted by atomic mass is 15.4. The van der Waals surface area contributed by atoms with Gasteiger partial charge in [0.2, 0.25) is 0 Å². The molecule has 0 bridgehead atoms. The molecule has 2 aliphatic heterocycles. The highest BCUT2D eigenvalue weighted by Crippen LogP contribution is 2.30. The number of aliphatic imine (C=N–C) groups is 1. The van der Waals surface area contributed by atoms with E-state index >= 15 is 0 Å². The molecule has 3 heteroatoms. The number of rotatable bonds is 0. The van der Waals surface area contributed by atoms with Gasteiger partial charge in [-0.1, -0.05) is 13.2 Å². The Morgan fingerprint density at radius 2 is 1.80 bits per heavy atom. The molecular formula is C12H15N3. The number of nitrogens with zero attached hydrogens (tertiary/aromatic N) is 3. The van der Waals surface area contributed by atoms with Crippen LogP contribution in [0.1, 0.15) is 6.92 Å². The third-order valence-electron chi connectivity index (χ3n) is 2.82. The third-order valence-corrected chi connectivity index (χ3v) is 2.82. The van der Waals surface area contributed by atoms with Gasteiger partial charge in [-0.3, -0.25) is 0 Å². The SMILES string of the molecule is C=C1C=CC2=C(N1C)N(C)C(=C)N=C2C. The van der Waals surface area contributed by atoms with Gasteiger partial charge in [0.05, 0.1) is 5.71 Å². The molecule has 2 aliphatic rings. The molecule has 0 aliphatic carbocycles. The van der Waals surface area contributed by atoms with Gasteiger partial charge in [-0.05, 0) is 19.1 Å². The van der Waals surface area contributed by atoms with Gasteiger partial charge in [-0.2, -0.15) is 0 Å². The predicted octanol–water partition coefficient (Wildman–Crippen LogP) is 2.09. The van der Waals surface area contributed by atoms with E-state index in [4.69, 9.17) is 0 Å². The molecular weight excluding hydrogens is 186 g/mol. The molecule has 0 fully saturated rings. The van der Waals surface area contributed by atoms with Crippen LogP contribution in [0.2, 0.25) is 0 Å². The lowest BCUT2D eigenvalue weighted by atomic mass is 10.1. The lowest BCUT2D eigenvalue weighted by Gasteiger charge is -2.37. The molecule has 2 heterocycles. The Kier molecular flexibility index (Phi) is 2.03. The third kappa shape index (κ3) is 1.31. The molecule has 0 saturated heterocycles. The fraction of sp³-hybridized carbons (Fsp3) is 0.250. The van der Waals surface area contributed by atoms with E-state index in [1.807, 2.05) is 32.0 Å². The van der Waals surface area contributed by atoms with Gasteiger partial charge >= 0.3 is 0 Å². The molecule has 0 radical (unpaired) electrons. The van der Waals surface area contributed by atoms with Crippen molar-refractivity contribution in [3.63, 3.8) is 0 Å². The van der Waals surface area contributed by atoms with Crippen molar-refractivity contribution in [3.05, 3.63) is 48.2 Å². The van der Waals surface area contributed by atoms with Gasteiger partial charge in [0.1, 0.15) is 11.6 Å². The van der Waals surface area contributed by atoms with Gasteiger partial charge in [0, 0.05) is 25.4 Å². The number of hydrogen-bond acceptors (Lipinski definition) is 3. The van der Waals surface area contributed by atoms with Gasteiger partial charge in [0.25, 0.3) is 0 Å². The molecule has 0 saturated carbocycles. The number of likely N-dealkylation sites (N-methyl/N-ethyl adjacent to an activating group) is 1. The molecule has 3 nitrogen and oxygen atoms in total. The molecule has 0 aromatic rings. The first-order chi connectivity index (χ1) is 7.02. The quantitative estimate of drug-likeness (QED) is 0.597. The number of hydrogen-bond donors (Lipinski definition) is 0. The zero-order valence-electron chi connectivity index (χ0n) is 9.41. The van der Waals surface area contributed by atoms with Crippen molar-refractivity contribution < 1.29 is 0 Å². The Morgan fingerprint density at radius 3 is 2.47 bits per heavy atom. The first-order valence-corrected chi connectivity index (χ1v) is 4.85. The second-order valence-electron chi connectivity index (χ2n) is 3.79. The largest absolute Gasteiger partial charge is 0.331 e. The summed E-state index contributed by atoms with van der Waals surface area (Å²) in [6.07, 6.45) is 4.05. The van der Waals surface area contributed by atoms with Gasteiger partial charge in [-0.15, -0.1) is 0 Å². The summed E-state index contributed by atoms with van der Waals surface area (Å²) in [5.41, 5.74) is 3.12. The van der Waals surface area contributed by atoms with Crippen LogP contribution in [0.3, 0.4) is 0 Å². The summed E-state index contributed by atoms with van der Waals surface area (Å²) in [6, 6.07) is 0. The maximum absolute atomic E-state index is 4.39. The van der Waals surface area contributed by atoms with Crippen molar-refractivity contribution in [2.24, 2.45) is 4.99 Å². The van der Waals surface area contributed by atoms with E-state index in [0.29, 0.717) is 0 Å². The van der Waals surface area contributed by atoms with Crippen LogP contribution in [0, 0.1) is 0 Å². The van der Waals surface area contributed by atoms with Gasteiger partial charge in [0.15, 0.2) is 0 Å². The van der Waals surface area contributed by atoms with Crippen LogP contribution in [-0.2, 0) is 0 Å². The molecule has 78 valence electrons. The normalized spacial score (nSPS) is 20.9. The van der Waals surface area contributed by atoms with Crippen LogP contribution in [-0.4, -0.2) is 29.6 Å². The Balaban J connectivity index is 2.58. The molecule has 0 unspecified atom stereocenters. The van der Waals surface area contributed by atoms with E-state index < -0.39 is 0 Å². The molecule has 0 spiro atoms. The topological polar surface area (TPSA) is 18.8 Å². The average molecular weight is 201 g/mol. The zero-order chi connectivity index (χ0) is 11.2. The molecule has 15 heavy (non-hydrogen) atoms. The Bertz CT molecular complexity index is 432. The van der Waals surface area contributed by atoms with Crippen LogP contribution in [0.5, 0.6) is 0 Å². The van der Waals surface area contributed by atoms with Crippen molar-refractivity contribution >= 4 is 5.71 Å². The lowest BCUT2D eigenvalue weighted by Crippen LogP contribution is -2.35. The maximum Gasteiger partial charge on any atom is 0.126 e. The standard InChI is InChI=1S/C12H15N3/c1-8-6-7-11-9(2)13-10(3)15(5)12(11)14(8)4/h6-7H,1,3H2,2,4-5H3. The van der Waals surface area contributed by atoms with Gasteiger partial charge in [-0.25, -0.2) is 4.99 Å². The minimum Gasteiger partial charge on any atom is -0.331 e. The molecule has 0 aromatic carbocycles. The monoisotopic (exact) mass is 201 g/mol. The summed E-state index contributed by atoms with van der Waals surface area (Å²) in [7, 11) is 3.97. The predicted molar refractivity (Wildman–Crippen MR) is 63.1 cm³/mol. The Labute approximate surface area is 90.4 Å². The van der Waals surface area contributed by atoms with E-state index in [2.05, 4.69) is 29.1 Å². The second-order valence-corrected chi connectivity index (χ2v) is 3.79. The average Bonchev–Trinajstić information content (AvgIpc) is 2.19. The van der Waals surface area contributed by atoms with Crippen LogP contribution in [0.25, 0.3) is 0 Å². The summed E-state index contributed by atoms with van der Waals surface area (Å²) in [5, 5.41) is 0. The zero-order valence-corrected chi connectivity index (χ0v) is 9.41. The summed E-state index contributed by atoms with van der Waals surface area (Å²) in [5.74, 6) is 1.86. The molecule has 0 aromatic heterocycles. The van der Waals surface area contributed by atoms with Crippen molar-refractivity contribution in [2.75, 3.05) is 14.1 Å². The summed E-state index contributed by atoms with van der Waals surface area (Å²) >= 11 is 0. The van der Waals surface area contributed by atoms with E-state index in [9.17, 15) is 0 Å². The highest BCUT2D eigenvalue weighted by molar-refractivity contribution is 6.03. The van der Waals surface area contributed by atoms with E-state index in [1.54, 1.807) is 0 Å². The van der Waals surface area contributed by atoms with E-state index in [0.717, 1.165) is 28.6 Å². The van der Waals surface area contributed by atoms with E-state index in [-0.39, 0.29) is 0 Å². The van der Waals surface area contributed by atoms with Crippen LogP contribution >= 0.6 is 0 Å². The maximum atomic E-state index is 4.39. The Morgan fingerprint density at radius 1 is 1.13 bits per heavy atom. The Hall–Kier alpha value is -1.77. The number of allylic oxidation sites excluding steroid dienone is 3. The molecule has 0 amide bonds. The van der Waals surface area contributed by atoms with Crippen LogP contribution in [0.15, 0.2) is 53.2 Å². The van der Waals surface area contributed by atoms with Crippen LogP contribution in [0.4, 0.5) is 0 Å². The smallest absolute Gasteiger partial charge is 0.126 e. The fourth-order valence-electron chi connectivity index (χ4n) is 1.82. The first kappa shape index (κ1) is 9.77. The molecule has 2 rings (SSSR count).